The van der Waals surface area contributed by atoms with Gasteiger partial charge in [-0.25, -0.2) is 0 Å². The van der Waals surface area contributed by atoms with Crippen LogP contribution in [0.1, 0.15) is 34.3 Å². The largest absolute Gasteiger partial charge is 0.489 e. The van der Waals surface area contributed by atoms with E-state index in [2.05, 4.69) is 10.6 Å². The van der Waals surface area contributed by atoms with Gasteiger partial charge in [0, 0.05) is 23.7 Å². The van der Waals surface area contributed by atoms with E-state index in [1.54, 1.807) is 12.1 Å². The lowest BCUT2D eigenvalue weighted by molar-refractivity contribution is -0.117. The molecule has 2 N–H and O–H groups in total. The Hall–Kier alpha value is -3.60. The van der Waals surface area contributed by atoms with Gasteiger partial charge in [-0.3, -0.25) is 9.59 Å². The number of amides is 2. The molecule has 2 amide bonds. The van der Waals surface area contributed by atoms with Crippen molar-refractivity contribution in [1.29, 1.82) is 0 Å². The Morgan fingerprint density at radius 1 is 0.867 bits per heavy atom. The summed E-state index contributed by atoms with van der Waals surface area (Å²) in [6, 6.07) is 24.6. The van der Waals surface area contributed by atoms with E-state index in [9.17, 15) is 9.59 Å². The van der Waals surface area contributed by atoms with Gasteiger partial charge in [0.15, 0.2) is 0 Å². The highest BCUT2D eigenvalue weighted by molar-refractivity contribution is 5.95. The maximum atomic E-state index is 12.6. The van der Waals surface area contributed by atoms with E-state index in [1.165, 1.54) is 0 Å². The molecule has 0 saturated heterocycles. The molecule has 4 rings (SSSR count). The van der Waals surface area contributed by atoms with Gasteiger partial charge in [0.1, 0.15) is 12.4 Å². The molecule has 0 spiro atoms. The summed E-state index contributed by atoms with van der Waals surface area (Å²) in [5.41, 5.74) is 3.29. The van der Waals surface area contributed by atoms with Crippen molar-refractivity contribution in [3.05, 3.63) is 95.6 Å². The van der Waals surface area contributed by atoms with E-state index in [0.29, 0.717) is 24.5 Å². The number of carbonyl (C=O) groups excluding carboxylic acids is 2. The van der Waals surface area contributed by atoms with Gasteiger partial charge in [-0.1, -0.05) is 48.5 Å². The SMILES string of the molecule is O=C(NCc1cccc(NC(=O)C2CC2)c1)c1cccc(OCc2ccccc2)c1. The molecular weight excluding hydrogens is 376 g/mol. The Labute approximate surface area is 176 Å². The van der Waals surface area contributed by atoms with E-state index in [4.69, 9.17) is 4.74 Å². The van der Waals surface area contributed by atoms with Crippen molar-refractivity contribution in [3.8, 4) is 5.75 Å². The van der Waals surface area contributed by atoms with Gasteiger partial charge in [0.2, 0.25) is 5.91 Å². The fourth-order valence-electron chi connectivity index (χ4n) is 3.10. The second kappa shape index (κ2) is 9.27. The van der Waals surface area contributed by atoms with Gasteiger partial charge in [-0.2, -0.15) is 0 Å². The smallest absolute Gasteiger partial charge is 0.251 e. The fourth-order valence-corrected chi connectivity index (χ4v) is 3.10. The van der Waals surface area contributed by atoms with Crippen molar-refractivity contribution in [2.75, 3.05) is 5.32 Å². The minimum Gasteiger partial charge on any atom is -0.489 e. The zero-order valence-electron chi connectivity index (χ0n) is 16.6. The topological polar surface area (TPSA) is 67.4 Å². The molecule has 1 aliphatic rings. The summed E-state index contributed by atoms with van der Waals surface area (Å²) in [6.45, 7) is 0.826. The van der Waals surface area contributed by atoms with Crippen molar-refractivity contribution in [2.45, 2.75) is 26.0 Å². The van der Waals surface area contributed by atoms with Crippen molar-refractivity contribution < 1.29 is 14.3 Å². The van der Waals surface area contributed by atoms with Gasteiger partial charge in [-0.15, -0.1) is 0 Å². The minimum atomic E-state index is -0.174. The first-order valence-corrected chi connectivity index (χ1v) is 10.1. The molecule has 0 aromatic heterocycles. The van der Waals surface area contributed by atoms with Crippen molar-refractivity contribution in [2.24, 2.45) is 5.92 Å². The first kappa shape index (κ1) is 19.7. The number of anilines is 1. The van der Waals surface area contributed by atoms with Crippen molar-refractivity contribution in [1.82, 2.24) is 5.32 Å². The number of ether oxygens (including phenoxy) is 1. The quantitative estimate of drug-likeness (QED) is 0.583. The lowest BCUT2D eigenvalue weighted by atomic mass is 10.1. The molecule has 30 heavy (non-hydrogen) atoms. The fraction of sp³-hybridized carbons (Fsp3) is 0.200. The lowest BCUT2D eigenvalue weighted by Gasteiger charge is -2.10. The van der Waals surface area contributed by atoms with Crippen LogP contribution in [0.15, 0.2) is 78.9 Å². The molecule has 1 aliphatic carbocycles. The summed E-state index contributed by atoms with van der Waals surface area (Å²) < 4.78 is 5.80. The molecule has 0 aliphatic heterocycles. The Morgan fingerprint density at radius 2 is 1.63 bits per heavy atom. The van der Waals surface area contributed by atoms with E-state index in [-0.39, 0.29) is 17.7 Å². The molecule has 5 heteroatoms. The van der Waals surface area contributed by atoms with Gasteiger partial charge < -0.3 is 15.4 Å². The Kier molecular flexibility index (Phi) is 6.09. The van der Waals surface area contributed by atoms with Crippen LogP contribution >= 0.6 is 0 Å². The number of benzene rings is 3. The predicted molar refractivity (Wildman–Crippen MR) is 116 cm³/mol. The second-order valence-corrected chi connectivity index (χ2v) is 7.45. The van der Waals surface area contributed by atoms with Crippen LogP contribution in [0.2, 0.25) is 0 Å². The first-order chi connectivity index (χ1) is 14.7. The zero-order chi connectivity index (χ0) is 20.8. The summed E-state index contributed by atoms with van der Waals surface area (Å²) in [5.74, 6) is 0.706. The Morgan fingerprint density at radius 3 is 2.43 bits per heavy atom. The third-order valence-corrected chi connectivity index (χ3v) is 4.94. The summed E-state index contributed by atoms with van der Waals surface area (Å²) in [7, 11) is 0. The number of carbonyl (C=O) groups is 2. The third kappa shape index (κ3) is 5.47. The van der Waals surface area contributed by atoms with Crippen LogP contribution in [0.25, 0.3) is 0 Å². The first-order valence-electron chi connectivity index (χ1n) is 10.1. The average molecular weight is 400 g/mol. The number of nitrogens with one attached hydrogen (secondary N) is 2. The molecule has 0 unspecified atom stereocenters. The minimum absolute atomic E-state index is 0.0727. The van der Waals surface area contributed by atoms with Gasteiger partial charge >= 0.3 is 0 Å². The summed E-state index contributed by atoms with van der Waals surface area (Å²) in [4.78, 5) is 24.5. The molecule has 1 saturated carbocycles. The molecular formula is C25H24N2O3. The zero-order valence-corrected chi connectivity index (χ0v) is 16.6. The number of rotatable bonds is 8. The van der Waals surface area contributed by atoms with Crippen LogP contribution in [0.4, 0.5) is 5.69 Å². The van der Waals surface area contributed by atoms with Crippen LogP contribution in [-0.2, 0) is 17.9 Å². The molecule has 0 radical (unpaired) electrons. The number of hydrogen-bond donors (Lipinski definition) is 2. The predicted octanol–water partition coefficient (Wildman–Crippen LogP) is 4.54. The van der Waals surface area contributed by atoms with Crippen LogP contribution in [-0.4, -0.2) is 11.8 Å². The molecule has 5 nitrogen and oxygen atoms in total. The monoisotopic (exact) mass is 400 g/mol. The van der Waals surface area contributed by atoms with E-state index in [0.717, 1.165) is 29.7 Å². The molecule has 1 fully saturated rings. The molecule has 152 valence electrons. The van der Waals surface area contributed by atoms with E-state index >= 15 is 0 Å². The maximum Gasteiger partial charge on any atom is 0.251 e. The maximum absolute atomic E-state index is 12.6. The summed E-state index contributed by atoms with van der Waals surface area (Å²) >= 11 is 0. The normalized spacial score (nSPS) is 12.8. The lowest BCUT2D eigenvalue weighted by Crippen LogP contribution is -2.23. The Balaban J connectivity index is 1.32. The standard InChI is InChI=1S/C25H24N2O3/c28-24(21-9-5-11-23(15-21)30-17-18-6-2-1-3-7-18)26-16-19-8-4-10-22(14-19)27-25(29)20-12-13-20/h1-11,14-15,20H,12-13,16-17H2,(H,26,28)(H,27,29). The van der Waals surface area contributed by atoms with Crippen molar-refractivity contribution >= 4 is 17.5 Å². The van der Waals surface area contributed by atoms with Crippen LogP contribution < -0.4 is 15.4 Å². The van der Waals surface area contributed by atoms with Gasteiger partial charge in [0.05, 0.1) is 0 Å². The second-order valence-electron chi connectivity index (χ2n) is 7.45. The van der Waals surface area contributed by atoms with E-state index in [1.807, 2.05) is 66.7 Å². The number of hydrogen-bond acceptors (Lipinski definition) is 3. The molecule has 3 aromatic carbocycles. The molecule has 3 aromatic rings. The van der Waals surface area contributed by atoms with Crippen LogP contribution in [0.3, 0.4) is 0 Å². The summed E-state index contributed by atoms with van der Waals surface area (Å²) in [6.07, 6.45) is 1.94. The van der Waals surface area contributed by atoms with Gasteiger partial charge in [0.25, 0.3) is 5.91 Å². The molecule has 0 atom stereocenters. The van der Waals surface area contributed by atoms with Crippen LogP contribution in [0, 0.1) is 5.92 Å². The van der Waals surface area contributed by atoms with Crippen LogP contribution in [0.5, 0.6) is 5.75 Å². The average Bonchev–Trinajstić information content (AvgIpc) is 3.63. The highest BCUT2D eigenvalue weighted by Crippen LogP contribution is 2.30. The Bertz CT molecular complexity index is 1030. The highest BCUT2D eigenvalue weighted by atomic mass is 16.5. The highest BCUT2D eigenvalue weighted by Gasteiger charge is 2.29. The summed E-state index contributed by atoms with van der Waals surface area (Å²) in [5, 5.41) is 5.86. The molecule has 0 heterocycles. The van der Waals surface area contributed by atoms with E-state index < -0.39 is 0 Å². The van der Waals surface area contributed by atoms with Crippen molar-refractivity contribution in [3.63, 3.8) is 0 Å². The third-order valence-electron chi connectivity index (χ3n) is 4.94. The van der Waals surface area contributed by atoms with Gasteiger partial charge in [-0.05, 0) is 54.3 Å². The molecule has 0 bridgehead atoms.